The van der Waals surface area contributed by atoms with Gasteiger partial charge >= 0.3 is 0 Å². The fourth-order valence-electron chi connectivity index (χ4n) is 3.11. The first-order valence-corrected chi connectivity index (χ1v) is 9.37. The molecule has 2 aromatic heterocycles. The number of aromatic nitrogens is 4. The SMILES string of the molecule is CCOc1ccc(-c2noc(-c3cc(-c4cc(C)ccc4C)n[nH]3)n2)cc1OC. The Hall–Kier alpha value is -3.61. The third kappa shape index (κ3) is 3.71. The second-order valence-electron chi connectivity index (χ2n) is 6.71. The van der Waals surface area contributed by atoms with E-state index in [0.717, 1.165) is 22.4 Å². The minimum atomic E-state index is 0.372. The van der Waals surface area contributed by atoms with E-state index in [-0.39, 0.29) is 0 Å². The molecule has 0 bridgehead atoms. The summed E-state index contributed by atoms with van der Waals surface area (Å²) in [6.45, 7) is 6.61. The van der Waals surface area contributed by atoms with Crippen molar-refractivity contribution < 1.29 is 14.0 Å². The van der Waals surface area contributed by atoms with E-state index >= 15 is 0 Å². The normalized spacial score (nSPS) is 10.9. The molecular weight excluding hydrogens is 368 g/mol. The van der Waals surface area contributed by atoms with Crippen molar-refractivity contribution in [3.63, 3.8) is 0 Å². The number of benzene rings is 2. The number of H-pyrrole nitrogens is 1. The molecule has 2 heterocycles. The quantitative estimate of drug-likeness (QED) is 0.508. The van der Waals surface area contributed by atoms with Crippen LogP contribution in [-0.4, -0.2) is 34.1 Å². The first-order chi connectivity index (χ1) is 14.1. The third-order valence-electron chi connectivity index (χ3n) is 4.62. The summed E-state index contributed by atoms with van der Waals surface area (Å²) >= 11 is 0. The van der Waals surface area contributed by atoms with Gasteiger partial charge in [0.25, 0.3) is 5.89 Å². The molecule has 0 unspecified atom stereocenters. The Balaban J connectivity index is 1.63. The Labute approximate surface area is 168 Å². The lowest BCUT2D eigenvalue weighted by atomic mass is 10.0. The zero-order valence-electron chi connectivity index (χ0n) is 16.8. The fraction of sp³-hybridized carbons (Fsp3) is 0.227. The Morgan fingerprint density at radius 3 is 2.69 bits per heavy atom. The monoisotopic (exact) mass is 390 g/mol. The zero-order chi connectivity index (χ0) is 20.4. The van der Waals surface area contributed by atoms with E-state index in [9.17, 15) is 0 Å². The smallest absolute Gasteiger partial charge is 0.276 e. The number of ether oxygens (including phenoxy) is 2. The maximum absolute atomic E-state index is 5.55. The van der Waals surface area contributed by atoms with Crippen molar-refractivity contribution in [2.45, 2.75) is 20.8 Å². The molecular formula is C22H22N4O3. The number of aryl methyl sites for hydroxylation is 2. The van der Waals surface area contributed by atoms with E-state index in [0.29, 0.717) is 35.5 Å². The molecule has 0 saturated heterocycles. The Bertz CT molecular complexity index is 1150. The van der Waals surface area contributed by atoms with Crippen molar-refractivity contribution >= 4 is 0 Å². The lowest BCUT2D eigenvalue weighted by Gasteiger charge is -2.09. The lowest BCUT2D eigenvalue weighted by molar-refractivity contribution is 0.311. The fourth-order valence-corrected chi connectivity index (χ4v) is 3.11. The van der Waals surface area contributed by atoms with Gasteiger partial charge in [-0.3, -0.25) is 5.10 Å². The average Bonchev–Trinajstić information content (AvgIpc) is 3.40. The van der Waals surface area contributed by atoms with E-state index in [1.54, 1.807) is 7.11 Å². The summed E-state index contributed by atoms with van der Waals surface area (Å²) in [6, 6.07) is 13.7. The first-order valence-electron chi connectivity index (χ1n) is 9.37. The number of hydrogen-bond donors (Lipinski definition) is 1. The number of hydrogen-bond acceptors (Lipinski definition) is 6. The van der Waals surface area contributed by atoms with E-state index in [4.69, 9.17) is 14.0 Å². The molecule has 0 saturated carbocycles. The molecule has 148 valence electrons. The molecule has 7 heteroatoms. The van der Waals surface area contributed by atoms with Crippen molar-refractivity contribution in [1.29, 1.82) is 0 Å². The first kappa shape index (κ1) is 18.7. The molecule has 4 aromatic rings. The Morgan fingerprint density at radius 1 is 1.03 bits per heavy atom. The summed E-state index contributed by atoms with van der Waals surface area (Å²) in [5, 5.41) is 11.5. The number of rotatable bonds is 6. The minimum absolute atomic E-state index is 0.372. The van der Waals surface area contributed by atoms with Crippen LogP contribution in [0, 0.1) is 13.8 Å². The van der Waals surface area contributed by atoms with Crippen molar-refractivity contribution in [3.8, 4) is 45.7 Å². The predicted molar refractivity (Wildman–Crippen MR) is 110 cm³/mol. The summed E-state index contributed by atoms with van der Waals surface area (Å²) in [6.07, 6.45) is 0. The Kier molecular flexibility index (Phi) is 5.03. The minimum Gasteiger partial charge on any atom is -0.493 e. The van der Waals surface area contributed by atoms with Crippen molar-refractivity contribution in [1.82, 2.24) is 20.3 Å². The van der Waals surface area contributed by atoms with Gasteiger partial charge in [-0.25, -0.2) is 0 Å². The van der Waals surface area contributed by atoms with Gasteiger partial charge in [-0.2, -0.15) is 10.1 Å². The average molecular weight is 390 g/mol. The van der Waals surface area contributed by atoms with E-state index in [2.05, 4.69) is 52.4 Å². The van der Waals surface area contributed by atoms with Crippen LogP contribution < -0.4 is 9.47 Å². The largest absolute Gasteiger partial charge is 0.493 e. The van der Waals surface area contributed by atoms with Crippen molar-refractivity contribution in [3.05, 3.63) is 53.6 Å². The highest BCUT2D eigenvalue weighted by atomic mass is 16.5. The molecule has 0 aliphatic rings. The van der Waals surface area contributed by atoms with Crippen LogP contribution in [0.4, 0.5) is 0 Å². The molecule has 0 fully saturated rings. The number of nitrogens with one attached hydrogen (secondary N) is 1. The number of methoxy groups -OCH3 is 1. The standard InChI is InChI=1S/C22H22N4O3/c1-5-28-19-9-8-15(11-20(19)27-4)21-23-22(29-26-21)18-12-17(24-25-18)16-10-13(2)6-7-14(16)3/h6-12H,5H2,1-4H3,(H,24,25). The molecule has 7 nitrogen and oxygen atoms in total. The third-order valence-corrected chi connectivity index (χ3v) is 4.62. The molecule has 0 radical (unpaired) electrons. The van der Waals surface area contributed by atoms with E-state index in [1.807, 2.05) is 31.2 Å². The topological polar surface area (TPSA) is 86.1 Å². The van der Waals surface area contributed by atoms with Gasteiger partial charge in [0.2, 0.25) is 5.82 Å². The van der Waals surface area contributed by atoms with Gasteiger partial charge in [-0.1, -0.05) is 22.9 Å². The molecule has 0 atom stereocenters. The highest BCUT2D eigenvalue weighted by molar-refractivity contribution is 5.69. The van der Waals surface area contributed by atoms with Crippen LogP contribution in [0.25, 0.3) is 34.2 Å². The lowest BCUT2D eigenvalue weighted by Crippen LogP contribution is -1.95. The molecule has 4 rings (SSSR count). The van der Waals surface area contributed by atoms with Gasteiger partial charge < -0.3 is 14.0 Å². The second kappa shape index (κ2) is 7.79. The summed E-state index contributed by atoms with van der Waals surface area (Å²) in [5.74, 6) is 2.13. The molecule has 29 heavy (non-hydrogen) atoms. The molecule has 2 aromatic carbocycles. The van der Waals surface area contributed by atoms with Crippen LogP contribution in [0.5, 0.6) is 11.5 Å². The van der Waals surface area contributed by atoms with E-state index < -0.39 is 0 Å². The van der Waals surface area contributed by atoms with Gasteiger partial charge in [0.1, 0.15) is 5.69 Å². The van der Waals surface area contributed by atoms with Crippen LogP contribution in [0.3, 0.4) is 0 Å². The maximum Gasteiger partial charge on any atom is 0.276 e. The molecule has 0 spiro atoms. The number of aromatic amines is 1. The zero-order valence-corrected chi connectivity index (χ0v) is 16.8. The molecule has 0 aliphatic carbocycles. The van der Waals surface area contributed by atoms with Crippen molar-refractivity contribution in [2.75, 3.05) is 13.7 Å². The highest BCUT2D eigenvalue weighted by Gasteiger charge is 2.16. The van der Waals surface area contributed by atoms with Crippen LogP contribution in [0.15, 0.2) is 47.0 Å². The van der Waals surface area contributed by atoms with Gasteiger partial charge in [0.15, 0.2) is 11.5 Å². The van der Waals surface area contributed by atoms with Gasteiger partial charge in [-0.05, 0) is 56.7 Å². The van der Waals surface area contributed by atoms with Gasteiger partial charge in [-0.15, -0.1) is 0 Å². The second-order valence-corrected chi connectivity index (χ2v) is 6.71. The van der Waals surface area contributed by atoms with Crippen LogP contribution in [0.2, 0.25) is 0 Å². The van der Waals surface area contributed by atoms with Gasteiger partial charge in [0, 0.05) is 11.1 Å². The molecule has 0 aliphatic heterocycles. The van der Waals surface area contributed by atoms with Crippen LogP contribution in [-0.2, 0) is 0 Å². The van der Waals surface area contributed by atoms with E-state index in [1.165, 1.54) is 5.56 Å². The summed E-state index contributed by atoms with van der Waals surface area (Å²) in [5.41, 5.74) is 5.68. The molecule has 1 N–H and O–H groups in total. The Morgan fingerprint density at radius 2 is 1.90 bits per heavy atom. The molecule has 0 amide bonds. The van der Waals surface area contributed by atoms with Crippen LogP contribution >= 0.6 is 0 Å². The maximum atomic E-state index is 5.55. The summed E-state index contributed by atoms with van der Waals surface area (Å²) < 4.78 is 16.4. The van der Waals surface area contributed by atoms with Crippen LogP contribution in [0.1, 0.15) is 18.1 Å². The predicted octanol–water partition coefficient (Wildman–Crippen LogP) is 4.82. The summed E-state index contributed by atoms with van der Waals surface area (Å²) in [4.78, 5) is 4.50. The highest BCUT2D eigenvalue weighted by Crippen LogP contribution is 2.32. The summed E-state index contributed by atoms with van der Waals surface area (Å²) in [7, 11) is 1.60. The van der Waals surface area contributed by atoms with Crippen molar-refractivity contribution in [2.24, 2.45) is 0 Å². The van der Waals surface area contributed by atoms with Gasteiger partial charge in [0.05, 0.1) is 19.4 Å². The number of nitrogens with zero attached hydrogens (tertiary/aromatic N) is 3.